The van der Waals surface area contributed by atoms with Crippen molar-refractivity contribution in [3.63, 3.8) is 0 Å². The van der Waals surface area contributed by atoms with Crippen molar-refractivity contribution in [1.82, 2.24) is 0 Å². The summed E-state index contributed by atoms with van der Waals surface area (Å²) in [5.41, 5.74) is 0. The Hall–Kier alpha value is -0.160. The van der Waals surface area contributed by atoms with E-state index in [1.165, 1.54) is 0 Å². The highest BCUT2D eigenvalue weighted by atomic mass is 17.8. The highest BCUT2D eigenvalue weighted by Gasteiger charge is 2.27. The molecule has 0 N–H and O–H groups in total. The van der Waals surface area contributed by atoms with Crippen molar-refractivity contribution in [3.05, 3.63) is 0 Å². The number of hydrogen-bond acceptors (Lipinski definition) is 2. The molecule has 0 radical (unpaired) electrons. The average Bonchev–Trinajstić information content (AvgIpc) is 1.61. The van der Waals surface area contributed by atoms with E-state index < -0.39 is 0 Å². The summed E-state index contributed by atoms with van der Waals surface area (Å²) in [7, 11) is 0. The van der Waals surface area contributed by atoms with Crippen LogP contribution >= 0.6 is 0 Å². The van der Waals surface area contributed by atoms with E-state index in [1.54, 1.807) is 0 Å². The SMILES string of the molecule is [O-][O+]1CC[O+]1[O-]. The Morgan fingerprint density at radius 1 is 1.00 bits per heavy atom. The van der Waals surface area contributed by atoms with E-state index in [0.717, 1.165) is 9.34 Å². The van der Waals surface area contributed by atoms with Crippen molar-refractivity contribution >= 4 is 0 Å². The molecule has 0 saturated carbocycles. The van der Waals surface area contributed by atoms with Crippen LogP contribution in [0.4, 0.5) is 0 Å². The second kappa shape index (κ2) is 1.16. The van der Waals surface area contributed by atoms with E-state index in [1.807, 2.05) is 0 Å². The molecule has 1 rings (SSSR count). The first-order valence-corrected chi connectivity index (χ1v) is 1.58. The smallest absolute Gasteiger partial charge is 0.304 e. The van der Waals surface area contributed by atoms with Gasteiger partial charge in [0.2, 0.25) is 0 Å². The topological polar surface area (TPSA) is 51.5 Å². The van der Waals surface area contributed by atoms with Crippen LogP contribution in [-0.4, -0.2) is 13.2 Å². The lowest BCUT2D eigenvalue weighted by atomic mass is 10.8. The molecule has 6 heavy (non-hydrogen) atoms. The van der Waals surface area contributed by atoms with Crippen molar-refractivity contribution in [2.75, 3.05) is 13.2 Å². The van der Waals surface area contributed by atoms with Crippen molar-refractivity contribution in [1.29, 1.82) is 0 Å². The van der Waals surface area contributed by atoms with Crippen molar-refractivity contribution in [2.45, 2.75) is 0 Å². The van der Waals surface area contributed by atoms with Gasteiger partial charge < -0.3 is 10.5 Å². The fourth-order valence-corrected chi connectivity index (χ4v) is 0.219. The van der Waals surface area contributed by atoms with Crippen LogP contribution in [0, 0.1) is 0 Å². The zero-order valence-electron chi connectivity index (χ0n) is 3.05. The molecule has 4 nitrogen and oxygen atoms in total. The quantitative estimate of drug-likeness (QED) is 0.246. The molecule has 1 aliphatic heterocycles. The normalized spacial score (nSPS) is 27.0. The Morgan fingerprint density at radius 3 is 1.33 bits per heavy atom. The predicted octanol–water partition coefficient (Wildman–Crippen LogP) is -2.43. The van der Waals surface area contributed by atoms with Gasteiger partial charge in [0.1, 0.15) is 0 Å². The van der Waals surface area contributed by atoms with Gasteiger partial charge in [-0.1, -0.05) is 0 Å². The fraction of sp³-hybridized carbons (Fsp3) is 1.00. The summed E-state index contributed by atoms with van der Waals surface area (Å²) in [5, 5.41) is 19.3. The fourth-order valence-electron chi connectivity index (χ4n) is 0.219. The van der Waals surface area contributed by atoms with E-state index in [9.17, 15) is 10.5 Å². The molecule has 0 atom stereocenters. The summed E-state index contributed by atoms with van der Waals surface area (Å²) in [6, 6.07) is 0. The lowest BCUT2D eigenvalue weighted by Crippen LogP contribution is -2.55. The summed E-state index contributed by atoms with van der Waals surface area (Å²) in [6.45, 7) is 0.488. The zero-order chi connectivity index (χ0) is 4.57. The van der Waals surface area contributed by atoms with Crippen LogP contribution in [0.15, 0.2) is 0 Å². The maximum absolute atomic E-state index is 9.64. The first-order valence-electron chi connectivity index (χ1n) is 1.58. The van der Waals surface area contributed by atoms with Gasteiger partial charge in [0, 0.05) is 0 Å². The van der Waals surface area contributed by atoms with E-state index >= 15 is 0 Å². The van der Waals surface area contributed by atoms with Gasteiger partial charge in [-0.05, 0) is 0 Å². The van der Waals surface area contributed by atoms with E-state index in [-0.39, 0.29) is 13.2 Å². The lowest BCUT2D eigenvalue weighted by Gasteiger charge is -2.29. The molecule has 1 saturated heterocycles. The summed E-state index contributed by atoms with van der Waals surface area (Å²) in [5.74, 6) is 0. The Bertz CT molecular complexity index is 45.5. The summed E-state index contributed by atoms with van der Waals surface area (Å²) in [6.07, 6.45) is 0. The van der Waals surface area contributed by atoms with Gasteiger partial charge in [-0.2, -0.15) is 0 Å². The van der Waals surface area contributed by atoms with Gasteiger partial charge in [0.25, 0.3) is 0 Å². The van der Waals surface area contributed by atoms with Crippen molar-refractivity contribution in [2.24, 2.45) is 0 Å². The first-order chi connectivity index (χ1) is 2.80. The van der Waals surface area contributed by atoms with Crippen molar-refractivity contribution in [3.8, 4) is 0 Å². The molecule has 0 aromatic carbocycles. The van der Waals surface area contributed by atoms with Gasteiger partial charge in [0.05, 0.1) is 0 Å². The van der Waals surface area contributed by atoms with E-state index in [0.29, 0.717) is 0 Å². The highest BCUT2D eigenvalue weighted by molar-refractivity contribution is 4.27. The van der Waals surface area contributed by atoms with Crippen LogP contribution in [0.2, 0.25) is 0 Å². The number of hydrogen-bond donors (Lipinski definition) is 0. The minimum atomic E-state index is 0.244. The second-order valence-corrected chi connectivity index (χ2v) is 1.02. The lowest BCUT2D eigenvalue weighted by molar-refractivity contribution is -1.14. The predicted molar refractivity (Wildman–Crippen MR) is 11.9 cm³/mol. The first kappa shape index (κ1) is 4.01. The second-order valence-electron chi connectivity index (χ2n) is 1.02. The Balaban J connectivity index is 2.20. The van der Waals surface area contributed by atoms with Gasteiger partial charge in [-0.15, -0.1) is 9.34 Å². The molecular formula is C2H4O4. The molecule has 0 bridgehead atoms. The minimum Gasteiger partial charge on any atom is -0.446 e. The molecule has 0 aromatic heterocycles. The molecule has 1 fully saturated rings. The third-order valence-electron chi connectivity index (χ3n) is 0.624. The maximum atomic E-state index is 9.64. The van der Waals surface area contributed by atoms with Gasteiger partial charge in [-0.25, -0.2) is 0 Å². The molecule has 4 heteroatoms. The molecule has 0 aromatic rings. The van der Waals surface area contributed by atoms with Crippen LogP contribution in [0.3, 0.4) is 0 Å². The Morgan fingerprint density at radius 2 is 1.33 bits per heavy atom. The van der Waals surface area contributed by atoms with Crippen LogP contribution in [-0.2, 0) is 9.34 Å². The van der Waals surface area contributed by atoms with Crippen LogP contribution < -0.4 is 10.5 Å². The zero-order valence-corrected chi connectivity index (χ0v) is 3.05. The molecule has 0 amide bonds. The molecule has 36 valence electrons. The molecule has 0 unspecified atom stereocenters. The largest absolute Gasteiger partial charge is 0.446 e. The summed E-state index contributed by atoms with van der Waals surface area (Å²) in [4.78, 5) is 0. The van der Waals surface area contributed by atoms with Crippen LogP contribution in [0.1, 0.15) is 0 Å². The molecule has 0 spiro atoms. The maximum Gasteiger partial charge on any atom is 0.304 e. The Kier molecular flexibility index (Phi) is 0.776. The third-order valence-corrected chi connectivity index (χ3v) is 0.624. The number of rotatable bonds is 0. The third kappa shape index (κ3) is 0.396. The monoisotopic (exact) mass is 92.0 g/mol. The van der Waals surface area contributed by atoms with Crippen molar-refractivity contribution < 1.29 is 19.9 Å². The van der Waals surface area contributed by atoms with Gasteiger partial charge >= 0.3 is 13.2 Å². The molecule has 1 heterocycles. The van der Waals surface area contributed by atoms with Gasteiger partial charge in [-0.3, -0.25) is 0 Å². The van der Waals surface area contributed by atoms with E-state index in [2.05, 4.69) is 0 Å². The van der Waals surface area contributed by atoms with E-state index in [4.69, 9.17) is 0 Å². The highest BCUT2D eigenvalue weighted by Crippen LogP contribution is 2.05. The molecule has 1 aliphatic rings. The summed E-state index contributed by atoms with van der Waals surface area (Å²) >= 11 is 0. The minimum absolute atomic E-state index is 0.244. The molecule has 0 aliphatic carbocycles. The van der Waals surface area contributed by atoms with Gasteiger partial charge in [0.15, 0.2) is 0 Å². The van der Waals surface area contributed by atoms with Crippen LogP contribution in [0.25, 0.3) is 0 Å². The Labute approximate surface area is 34.3 Å². The average molecular weight is 92.0 g/mol. The molecular weight excluding hydrogens is 88.0 g/mol. The summed E-state index contributed by atoms with van der Waals surface area (Å²) < 4.78 is 1.90. The van der Waals surface area contributed by atoms with Crippen LogP contribution in [0.5, 0.6) is 0 Å². The standard InChI is InChI=1S/C2H4O4/c3-5-1-2-6(5)4/h1-2H2.